The maximum Gasteiger partial charge on any atom is 0.225 e. The summed E-state index contributed by atoms with van der Waals surface area (Å²) in [5.41, 5.74) is 4.06. The molecule has 8 heteroatoms. The van der Waals surface area contributed by atoms with Crippen molar-refractivity contribution in [2.45, 2.75) is 19.8 Å². The summed E-state index contributed by atoms with van der Waals surface area (Å²) in [6.07, 6.45) is 3.89. The molecule has 0 aliphatic carbocycles. The van der Waals surface area contributed by atoms with Crippen LogP contribution in [0.5, 0.6) is 0 Å². The summed E-state index contributed by atoms with van der Waals surface area (Å²) in [5.74, 6) is 2.14. The van der Waals surface area contributed by atoms with Gasteiger partial charge in [-0.05, 0) is 12.1 Å². The summed E-state index contributed by atoms with van der Waals surface area (Å²) in [5, 5.41) is 3.36. The number of imidazole rings is 1. The van der Waals surface area contributed by atoms with Crippen molar-refractivity contribution >= 4 is 17.4 Å². The first kappa shape index (κ1) is 16.5. The lowest BCUT2D eigenvalue weighted by atomic mass is 10.1. The summed E-state index contributed by atoms with van der Waals surface area (Å²) in [6.45, 7) is 4.29. The Bertz CT molecular complexity index is 968. The van der Waals surface area contributed by atoms with Gasteiger partial charge in [0, 0.05) is 31.3 Å². The Labute approximate surface area is 157 Å². The molecule has 1 saturated heterocycles. The number of aromatic nitrogens is 4. The number of anilines is 2. The molecule has 5 heterocycles. The Balaban J connectivity index is 1.38. The molecule has 1 N–H and O–H groups in total. The van der Waals surface area contributed by atoms with Crippen LogP contribution in [0.25, 0.3) is 5.65 Å². The van der Waals surface area contributed by atoms with Gasteiger partial charge in [0.05, 0.1) is 50.6 Å². The normalized spacial score (nSPS) is 16.3. The number of fused-ring (bicyclic) bond motifs is 2. The Hall–Kier alpha value is -2.71. The van der Waals surface area contributed by atoms with E-state index in [9.17, 15) is 0 Å². The first-order valence-corrected chi connectivity index (χ1v) is 9.19. The van der Waals surface area contributed by atoms with Crippen molar-refractivity contribution in [1.82, 2.24) is 19.4 Å². The molecule has 0 spiro atoms. The quantitative estimate of drug-likeness (QED) is 0.713. The van der Waals surface area contributed by atoms with Crippen LogP contribution in [0.1, 0.15) is 17.0 Å². The molecule has 2 aliphatic rings. The highest BCUT2D eigenvalue weighted by molar-refractivity contribution is 5.53. The molecular formula is C19H22N6O2. The standard InChI is InChI=1S/C19H22N6O2/c1-24(8-13-9-26-10-13)18-15-11-27-12-16(15)22-19(23-18)21-7-14-6-20-17-4-2-3-5-25(14)17/h2-6,13H,7-12H2,1H3,(H,21,22,23). The van der Waals surface area contributed by atoms with Crippen LogP contribution < -0.4 is 10.2 Å². The first-order valence-electron chi connectivity index (χ1n) is 9.19. The molecule has 5 rings (SSSR count). The molecule has 0 saturated carbocycles. The second-order valence-electron chi connectivity index (χ2n) is 7.10. The Morgan fingerprint density at radius 1 is 1.22 bits per heavy atom. The maximum absolute atomic E-state index is 5.62. The topological polar surface area (TPSA) is 76.8 Å². The van der Waals surface area contributed by atoms with Crippen molar-refractivity contribution in [2.24, 2.45) is 5.92 Å². The number of rotatable bonds is 6. The monoisotopic (exact) mass is 366 g/mol. The van der Waals surface area contributed by atoms with Crippen LogP contribution in [0, 0.1) is 5.92 Å². The Kier molecular flexibility index (Phi) is 4.14. The minimum atomic E-state index is 0.537. The van der Waals surface area contributed by atoms with E-state index in [1.165, 1.54) is 0 Å². The van der Waals surface area contributed by atoms with Crippen LogP contribution in [0.4, 0.5) is 11.8 Å². The highest BCUT2D eigenvalue weighted by atomic mass is 16.5. The van der Waals surface area contributed by atoms with Crippen molar-refractivity contribution in [2.75, 3.05) is 37.0 Å². The van der Waals surface area contributed by atoms with Crippen molar-refractivity contribution in [1.29, 1.82) is 0 Å². The van der Waals surface area contributed by atoms with E-state index in [4.69, 9.17) is 14.5 Å². The van der Waals surface area contributed by atoms with E-state index in [1.807, 2.05) is 30.6 Å². The molecular weight excluding hydrogens is 344 g/mol. The van der Waals surface area contributed by atoms with E-state index in [0.29, 0.717) is 31.6 Å². The number of hydrogen-bond donors (Lipinski definition) is 1. The van der Waals surface area contributed by atoms with Gasteiger partial charge in [0.1, 0.15) is 11.5 Å². The molecule has 140 valence electrons. The number of nitrogens with zero attached hydrogens (tertiary/aromatic N) is 5. The minimum Gasteiger partial charge on any atom is -0.381 e. The zero-order valence-electron chi connectivity index (χ0n) is 15.3. The molecule has 0 bridgehead atoms. The van der Waals surface area contributed by atoms with Gasteiger partial charge in [0.25, 0.3) is 0 Å². The third-order valence-electron chi connectivity index (χ3n) is 5.08. The lowest BCUT2D eigenvalue weighted by Crippen LogP contribution is -2.38. The van der Waals surface area contributed by atoms with Crippen LogP contribution in [-0.2, 0) is 29.2 Å². The Morgan fingerprint density at radius 2 is 2.15 bits per heavy atom. The lowest BCUT2D eigenvalue weighted by Gasteiger charge is -2.31. The molecule has 0 radical (unpaired) electrons. The van der Waals surface area contributed by atoms with Crippen LogP contribution in [0.2, 0.25) is 0 Å². The second kappa shape index (κ2) is 6.79. The molecule has 0 unspecified atom stereocenters. The van der Waals surface area contributed by atoms with Gasteiger partial charge >= 0.3 is 0 Å². The van der Waals surface area contributed by atoms with E-state index in [0.717, 1.165) is 48.2 Å². The van der Waals surface area contributed by atoms with E-state index < -0.39 is 0 Å². The average Bonchev–Trinajstić information content (AvgIpc) is 3.29. The van der Waals surface area contributed by atoms with E-state index in [2.05, 4.69) is 31.6 Å². The fraction of sp³-hybridized carbons (Fsp3) is 0.421. The van der Waals surface area contributed by atoms with Crippen LogP contribution in [0.15, 0.2) is 30.6 Å². The molecule has 2 aliphatic heterocycles. The van der Waals surface area contributed by atoms with E-state index >= 15 is 0 Å². The predicted octanol–water partition coefficient (Wildman–Crippen LogP) is 1.85. The molecule has 3 aromatic heterocycles. The zero-order chi connectivity index (χ0) is 18.2. The molecule has 8 nitrogen and oxygen atoms in total. The Morgan fingerprint density at radius 3 is 3.00 bits per heavy atom. The molecule has 1 fully saturated rings. The summed E-state index contributed by atoms with van der Waals surface area (Å²) in [7, 11) is 2.08. The van der Waals surface area contributed by atoms with Gasteiger partial charge < -0.3 is 24.1 Å². The summed E-state index contributed by atoms with van der Waals surface area (Å²) >= 11 is 0. The van der Waals surface area contributed by atoms with Crippen LogP contribution in [-0.4, -0.2) is 46.2 Å². The highest BCUT2D eigenvalue weighted by Crippen LogP contribution is 2.29. The molecule has 0 atom stereocenters. The number of nitrogens with one attached hydrogen (secondary N) is 1. The van der Waals surface area contributed by atoms with Gasteiger partial charge in [0.2, 0.25) is 5.95 Å². The van der Waals surface area contributed by atoms with E-state index in [1.54, 1.807) is 0 Å². The SMILES string of the molecule is CN(CC1COC1)c1nc(NCc2cnc3ccccn23)nc2c1COC2. The highest BCUT2D eigenvalue weighted by Gasteiger charge is 2.26. The van der Waals surface area contributed by atoms with Gasteiger partial charge in [-0.25, -0.2) is 9.97 Å². The van der Waals surface area contributed by atoms with Gasteiger partial charge in [-0.2, -0.15) is 4.98 Å². The smallest absolute Gasteiger partial charge is 0.225 e. The van der Waals surface area contributed by atoms with Gasteiger partial charge in [0.15, 0.2) is 0 Å². The predicted molar refractivity (Wildman–Crippen MR) is 101 cm³/mol. The lowest BCUT2D eigenvalue weighted by molar-refractivity contribution is -0.0272. The minimum absolute atomic E-state index is 0.537. The fourth-order valence-electron chi connectivity index (χ4n) is 3.58. The van der Waals surface area contributed by atoms with Crippen LogP contribution >= 0.6 is 0 Å². The van der Waals surface area contributed by atoms with Gasteiger partial charge in [-0.15, -0.1) is 0 Å². The van der Waals surface area contributed by atoms with Crippen molar-refractivity contribution < 1.29 is 9.47 Å². The largest absolute Gasteiger partial charge is 0.381 e. The van der Waals surface area contributed by atoms with Crippen molar-refractivity contribution in [3.05, 3.63) is 47.5 Å². The van der Waals surface area contributed by atoms with Gasteiger partial charge in [-0.1, -0.05) is 6.07 Å². The molecule has 3 aromatic rings. The number of ether oxygens (including phenoxy) is 2. The second-order valence-corrected chi connectivity index (χ2v) is 7.10. The van der Waals surface area contributed by atoms with E-state index in [-0.39, 0.29) is 0 Å². The summed E-state index contributed by atoms with van der Waals surface area (Å²) < 4.78 is 13.0. The molecule has 0 aromatic carbocycles. The number of pyridine rings is 1. The summed E-state index contributed by atoms with van der Waals surface area (Å²) in [6, 6.07) is 5.97. The van der Waals surface area contributed by atoms with Crippen molar-refractivity contribution in [3.63, 3.8) is 0 Å². The zero-order valence-corrected chi connectivity index (χ0v) is 15.3. The fourth-order valence-corrected chi connectivity index (χ4v) is 3.58. The summed E-state index contributed by atoms with van der Waals surface area (Å²) in [4.78, 5) is 16.1. The number of hydrogen-bond acceptors (Lipinski definition) is 7. The maximum atomic E-state index is 5.62. The third kappa shape index (κ3) is 3.11. The molecule has 27 heavy (non-hydrogen) atoms. The molecule has 0 amide bonds. The first-order chi connectivity index (χ1) is 13.3. The van der Waals surface area contributed by atoms with Crippen LogP contribution in [0.3, 0.4) is 0 Å². The van der Waals surface area contributed by atoms with Crippen molar-refractivity contribution in [3.8, 4) is 0 Å². The van der Waals surface area contributed by atoms with Gasteiger partial charge in [-0.3, -0.25) is 0 Å². The third-order valence-corrected chi connectivity index (χ3v) is 5.08. The average molecular weight is 366 g/mol.